The number of aliphatic carboxylic acids is 1. The van der Waals surface area contributed by atoms with Gasteiger partial charge in [0, 0.05) is 18.3 Å². The van der Waals surface area contributed by atoms with E-state index in [2.05, 4.69) is 4.98 Å². The number of ether oxygens (including phenoxy) is 2. The topological polar surface area (TPSA) is 109 Å². The summed E-state index contributed by atoms with van der Waals surface area (Å²) in [5.74, 6) is -1.05. The number of carboxylic acid groups (broad SMARTS) is 1. The Hall–Kier alpha value is -3.65. The molecule has 4 rings (SSSR count). The largest absolute Gasteiger partial charge is 0.481 e. The van der Waals surface area contributed by atoms with E-state index in [9.17, 15) is 14.4 Å². The van der Waals surface area contributed by atoms with Crippen LogP contribution in [0, 0.1) is 6.92 Å². The molecule has 2 N–H and O–H groups in total. The van der Waals surface area contributed by atoms with Crippen molar-refractivity contribution in [1.82, 2.24) is 9.88 Å². The van der Waals surface area contributed by atoms with E-state index >= 15 is 0 Å². The number of aromatic nitrogens is 1. The molecule has 0 unspecified atom stereocenters. The number of benzene rings is 2. The molecule has 0 aliphatic carbocycles. The number of H-pyrrole nitrogens is 1. The van der Waals surface area contributed by atoms with Crippen LogP contribution in [-0.4, -0.2) is 58.8 Å². The molecule has 0 radical (unpaired) electrons. The number of carboxylic acids is 1. The molecule has 8 heteroatoms. The number of nitrogens with one attached hydrogen (secondary N) is 1. The highest BCUT2D eigenvalue weighted by Gasteiger charge is 2.31. The number of aromatic amines is 1. The zero-order valence-electron chi connectivity index (χ0n) is 17.8. The molecule has 8 nitrogen and oxygen atoms in total. The third-order valence-corrected chi connectivity index (χ3v) is 5.62. The number of rotatable bonds is 5. The molecule has 1 saturated heterocycles. The standard InChI is InChI=1S/C24H24N2O6/c1-14-5-3-4-6-17(14)20-12-25-22(27)19-11-16(7-8-18(19)20)32-15(2)23(28)26-9-10-31-21(13-26)24(29)30/h3-8,11-12,15,21H,9-10,13H2,1-2H3,(H,25,27)(H,29,30)/t15-,21-/m1/s1. The van der Waals surface area contributed by atoms with Gasteiger partial charge in [0.05, 0.1) is 18.5 Å². The zero-order valence-corrected chi connectivity index (χ0v) is 17.8. The van der Waals surface area contributed by atoms with Gasteiger partial charge in [-0.05, 0) is 48.6 Å². The summed E-state index contributed by atoms with van der Waals surface area (Å²) in [7, 11) is 0. The van der Waals surface area contributed by atoms with Gasteiger partial charge in [-0.1, -0.05) is 24.3 Å². The zero-order chi connectivity index (χ0) is 22.8. The Bertz CT molecular complexity index is 1230. The highest BCUT2D eigenvalue weighted by atomic mass is 16.5. The summed E-state index contributed by atoms with van der Waals surface area (Å²) in [5.41, 5.74) is 2.76. The van der Waals surface area contributed by atoms with Gasteiger partial charge in [-0.25, -0.2) is 4.79 Å². The molecule has 1 amide bonds. The average Bonchev–Trinajstić information content (AvgIpc) is 2.80. The van der Waals surface area contributed by atoms with Crippen molar-refractivity contribution in [2.24, 2.45) is 0 Å². The van der Waals surface area contributed by atoms with Crippen molar-refractivity contribution in [3.05, 3.63) is 64.6 Å². The van der Waals surface area contributed by atoms with Gasteiger partial charge in [0.2, 0.25) is 0 Å². The van der Waals surface area contributed by atoms with Crippen molar-refractivity contribution < 1.29 is 24.2 Å². The number of aryl methyl sites for hydroxylation is 1. The molecule has 2 atom stereocenters. The minimum atomic E-state index is -1.10. The summed E-state index contributed by atoms with van der Waals surface area (Å²) in [6.45, 7) is 4.04. The summed E-state index contributed by atoms with van der Waals surface area (Å²) in [5, 5.41) is 10.4. The van der Waals surface area contributed by atoms with E-state index < -0.39 is 18.2 Å². The van der Waals surface area contributed by atoms with Gasteiger partial charge in [-0.15, -0.1) is 0 Å². The highest BCUT2D eigenvalue weighted by molar-refractivity contribution is 5.97. The first-order valence-electron chi connectivity index (χ1n) is 10.4. The number of amides is 1. The first kappa shape index (κ1) is 21.6. The lowest BCUT2D eigenvalue weighted by molar-refractivity contribution is -0.161. The number of carbonyl (C=O) groups is 2. The Morgan fingerprint density at radius 3 is 2.72 bits per heavy atom. The smallest absolute Gasteiger partial charge is 0.334 e. The molecule has 1 aliphatic rings. The lowest BCUT2D eigenvalue weighted by atomic mass is 9.97. The molecule has 2 heterocycles. The number of pyridine rings is 1. The second-order valence-electron chi connectivity index (χ2n) is 7.80. The maximum Gasteiger partial charge on any atom is 0.334 e. The Morgan fingerprint density at radius 1 is 1.19 bits per heavy atom. The molecule has 166 valence electrons. The fourth-order valence-corrected chi connectivity index (χ4v) is 3.92. The lowest BCUT2D eigenvalue weighted by Gasteiger charge is -2.32. The second kappa shape index (κ2) is 8.84. The van der Waals surface area contributed by atoms with Crippen LogP contribution < -0.4 is 10.3 Å². The van der Waals surface area contributed by atoms with Gasteiger partial charge >= 0.3 is 5.97 Å². The molecule has 0 bridgehead atoms. The predicted molar refractivity (Wildman–Crippen MR) is 119 cm³/mol. The molecule has 1 aromatic heterocycles. The van der Waals surface area contributed by atoms with Gasteiger partial charge in [-0.2, -0.15) is 0 Å². The van der Waals surface area contributed by atoms with E-state index in [0.29, 0.717) is 17.7 Å². The molecule has 32 heavy (non-hydrogen) atoms. The fourth-order valence-electron chi connectivity index (χ4n) is 3.92. The summed E-state index contributed by atoms with van der Waals surface area (Å²) in [6, 6.07) is 13.1. The molecular formula is C24H24N2O6. The van der Waals surface area contributed by atoms with Crippen LogP contribution >= 0.6 is 0 Å². The molecule has 1 aliphatic heterocycles. The minimum Gasteiger partial charge on any atom is -0.481 e. The molecule has 2 aromatic carbocycles. The van der Waals surface area contributed by atoms with E-state index in [1.165, 1.54) is 4.90 Å². The molecule has 0 spiro atoms. The van der Waals surface area contributed by atoms with E-state index in [4.69, 9.17) is 14.6 Å². The van der Waals surface area contributed by atoms with Gasteiger partial charge in [-0.3, -0.25) is 9.59 Å². The van der Waals surface area contributed by atoms with Crippen LogP contribution in [0.5, 0.6) is 5.75 Å². The Morgan fingerprint density at radius 2 is 1.97 bits per heavy atom. The van der Waals surface area contributed by atoms with Crippen molar-refractivity contribution in [3.8, 4) is 16.9 Å². The Kier molecular flexibility index (Phi) is 5.96. The van der Waals surface area contributed by atoms with Crippen molar-refractivity contribution in [1.29, 1.82) is 0 Å². The third kappa shape index (κ3) is 4.22. The number of nitrogens with zero attached hydrogens (tertiary/aromatic N) is 1. The van der Waals surface area contributed by atoms with Gasteiger partial charge in [0.15, 0.2) is 12.2 Å². The van der Waals surface area contributed by atoms with Crippen LogP contribution in [0.3, 0.4) is 0 Å². The van der Waals surface area contributed by atoms with E-state index in [-0.39, 0.29) is 24.6 Å². The Balaban J connectivity index is 1.58. The molecule has 0 saturated carbocycles. The van der Waals surface area contributed by atoms with Crippen LogP contribution in [0.4, 0.5) is 0 Å². The first-order chi connectivity index (χ1) is 15.3. The van der Waals surface area contributed by atoms with E-state index in [0.717, 1.165) is 22.1 Å². The maximum atomic E-state index is 12.8. The van der Waals surface area contributed by atoms with Crippen LogP contribution in [0.25, 0.3) is 21.9 Å². The summed E-state index contributed by atoms with van der Waals surface area (Å²) >= 11 is 0. The summed E-state index contributed by atoms with van der Waals surface area (Å²) in [6.07, 6.45) is -0.186. The van der Waals surface area contributed by atoms with Crippen molar-refractivity contribution in [3.63, 3.8) is 0 Å². The number of hydrogen-bond donors (Lipinski definition) is 2. The SMILES string of the molecule is Cc1ccccc1-c1c[nH]c(=O)c2cc(O[C@H](C)C(=O)N3CCO[C@@H](C(=O)O)C3)ccc12. The second-order valence-corrected chi connectivity index (χ2v) is 7.80. The normalized spacial score (nSPS) is 17.2. The summed E-state index contributed by atoms with van der Waals surface area (Å²) < 4.78 is 11.0. The average molecular weight is 436 g/mol. The molecular weight excluding hydrogens is 412 g/mol. The van der Waals surface area contributed by atoms with Crippen LogP contribution in [-0.2, 0) is 14.3 Å². The minimum absolute atomic E-state index is 0.0287. The van der Waals surface area contributed by atoms with E-state index in [1.54, 1.807) is 25.3 Å². The number of morpholine rings is 1. The van der Waals surface area contributed by atoms with Crippen LogP contribution in [0.2, 0.25) is 0 Å². The quantitative estimate of drug-likeness (QED) is 0.636. The number of carbonyl (C=O) groups excluding carboxylic acids is 1. The number of fused-ring (bicyclic) bond motifs is 1. The molecule has 1 fully saturated rings. The van der Waals surface area contributed by atoms with Crippen molar-refractivity contribution in [2.75, 3.05) is 19.7 Å². The predicted octanol–water partition coefficient (Wildman–Crippen LogP) is 2.58. The van der Waals surface area contributed by atoms with E-state index in [1.807, 2.05) is 37.3 Å². The summed E-state index contributed by atoms with van der Waals surface area (Å²) in [4.78, 5) is 40.6. The van der Waals surface area contributed by atoms with Crippen LogP contribution in [0.1, 0.15) is 12.5 Å². The van der Waals surface area contributed by atoms with Gasteiger partial charge < -0.3 is 24.5 Å². The monoisotopic (exact) mass is 436 g/mol. The van der Waals surface area contributed by atoms with Crippen molar-refractivity contribution in [2.45, 2.75) is 26.1 Å². The Labute approximate surface area is 184 Å². The molecule has 3 aromatic rings. The van der Waals surface area contributed by atoms with Gasteiger partial charge in [0.1, 0.15) is 5.75 Å². The van der Waals surface area contributed by atoms with Gasteiger partial charge in [0.25, 0.3) is 11.5 Å². The number of hydrogen-bond acceptors (Lipinski definition) is 5. The van der Waals surface area contributed by atoms with Crippen molar-refractivity contribution >= 4 is 22.6 Å². The van der Waals surface area contributed by atoms with Crippen LogP contribution in [0.15, 0.2) is 53.5 Å². The highest BCUT2D eigenvalue weighted by Crippen LogP contribution is 2.30. The lowest BCUT2D eigenvalue weighted by Crippen LogP contribution is -2.51. The fraction of sp³-hybridized carbons (Fsp3) is 0.292. The first-order valence-corrected chi connectivity index (χ1v) is 10.4. The third-order valence-electron chi connectivity index (χ3n) is 5.62. The maximum absolute atomic E-state index is 12.8.